The van der Waals surface area contributed by atoms with Crippen LogP contribution in [0.5, 0.6) is 0 Å². The Labute approximate surface area is 335 Å². The third kappa shape index (κ3) is 5.15. The highest BCUT2D eigenvalue weighted by atomic mass is 32.1. The molecule has 0 atom stereocenters. The van der Waals surface area contributed by atoms with E-state index in [0.717, 1.165) is 16.7 Å². The lowest BCUT2D eigenvalue weighted by molar-refractivity contribution is 1.08. The third-order valence-corrected chi connectivity index (χ3v) is 13.5. The Balaban J connectivity index is 1.02. The Hall–Kier alpha value is -6.99. The molecular weight excluding hydrogens is 733 g/mol. The fourth-order valence-electron chi connectivity index (χ4n) is 8.39. The number of para-hydroxylation sites is 1. The van der Waals surface area contributed by atoms with Crippen LogP contribution in [0.2, 0.25) is 0 Å². The summed E-state index contributed by atoms with van der Waals surface area (Å²) in [6.45, 7) is 0. The summed E-state index contributed by atoms with van der Waals surface area (Å²) in [6, 6.07) is 64.9. The van der Waals surface area contributed by atoms with Crippen LogP contribution in [0.4, 0.5) is 0 Å². The predicted octanol–water partition coefficient (Wildman–Crippen LogP) is 14.4. The van der Waals surface area contributed by atoms with E-state index in [1.807, 2.05) is 47.7 Å². The molecule has 0 aliphatic rings. The lowest BCUT2D eigenvalue weighted by Crippen LogP contribution is -2.00. The highest BCUT2D eigenvalue weighted by Crippen LogP contribution is 2.45. The molecule has 57 heavy (non-hydrogen) atoms. The van der Waals surface area contributed by atoms with E-state index in [9.17, 15) is 0 Å². The van der Waals surface area contributed by atoms with Gasteiger partial charge < -0.3 is 4.57 Å². The van der Waals surface area contributed by atoms with Crippen molar-refractivity contribution in [2.75, 3.05) is 0 Å². The zero-order valence-corrected chi connectivity index (χ0v) is 32.1. The predicted molar refractivity (Wildman–Crippen MR) is 242 cm³/mol. The second-order valence-corrected chi connectivity index (χ2v) is 16.5. The van der Waals surface area contributed by atoms with Crippen molar-refractivity contribution >= 4 is 84.8 Å². The fourth-order valence-corrected chi connectivity index (χ4v) is 10.9. The third-order valence-electron chi connectivity index (χ3n) is 11.1. The van der Waals surface area contributed by atoms with Crippen molar-refractivity contribution < 1.29 is 0 Å². The summed E-state index contributed by atoms with van der Waals surface area (Å²) in [5.41, 5.74) is 8.97. The maximum atomic E-state index is 5.08. The van der Waals surface area contributed by atoms with E-state index >= 15 is 0 Å². The number of hydrogen-bond acceptors (Lipinski definition) is 5. The van der Waals surface area contributed by atoms with Crippen LogP contribution >= 0.6 is 22.7 Å². The summed E-state index contributed by atoms with van der Waals surface area (Å²) in [5, 5.41) is 7.58. The molecule has 0 saturated carbocycles. The van der Waals surface area contributed by atoms with Crippen molar-refractivity contribution in [1.29, 1.82) is 0 Å². The molecule has 4 nitrogen and oxygen atoms in total. The molecule has 4 heterocycles. The Morgan fingerprint density at radius 2 is 0.912 bits per heavy atom. The normalized spacial score (nSPS) is 11.9. The topological polar surface area (TPSA) is 43.6 Å². The average molecular weight is 763 g/mol. The van der Waals surface area contributed by atoms with Crippen LogP contribution in [0.15, 0.2) is 182 Å². The molecule has 0 aliphatic heterocycles. The molecule has 0 radical (unpaired) electrons. The minimum Gasteiger partial charge on any atom is -0.308 e. The zero-order chi connectivity index (χ0) is 37.5. The summed E-state index contributed by atoms with van der Waals surface area (Å²) in [4.78, 5) is 15.1. The van der Waals surface area contributed by atoms with Crippen LogP contribution in [0.1, 0.15) is 0 Å². The lowest BCUT2D eigenvalue weighted by Gasteiger charge is -2.09. The van der Waals surface area contributed by atoms with Gasteiger partial charge in [-0.25, -0.2) is 15.0 Å². The van der Waals surface area contributed by atoms with E-state index in [1.54, 1.807) is 11.3 Å². The second kappa shape index (κ2) is 12.8. The van der Waals surface area contributed by atoms with E-state index in [-0.39, 0.29) is 0 Å². The van der Waals surface area contributed by atoms with E-state index in [4.69, 9.17) is 15.0 Å². The molecule has 12 aromatic rings. The number of benzene rings is 8. The van der Waals surface area contributed by atoms with Gasteiger partial charge >= 0.3 is 0 Å². The summed E-state index contributed by atoms with van der Waals surface area (Å²) >= 11 is 3.69. The van der Waals surface area contributed by atoms with Crippen LogP contribution in [0.25, 0.3) is 113 Å². The molecule has 4 aromatic heterocycles. The van der Waals surface area contributed by atoms with Gasteiger partial charge in [0.2, 0.25) is 0 Å². The minimum atomic E-state index is 0.664. The number of hydrogen-bond donors (Lipinski definition) is 0. The standard InChI is InChI=1S/C51H30N4S2/c1-4-13-31(14-5-1)49-52-50(32-15-6-2-7-16-32)54-51(53-49)41-21-12-20-39-37-25-23-34(30-45(37)57-47(39)41)33-24-28-43-42(29-33)38-26-27-40-36-19-10-11-22-44(36)56-48(40)46(38)55(43)35-17-8-3-9-18-35/h1-30H. The van der Waals surface area contributed by atoms with Crippen molar-refractivity contribution in [3.63, 3.8) is 0 Å². The summed E-state index contributed by atoms with van der Waals surface area (Å²) in [6.07, 6.45) is 0. The quantitative estimate of drug-likeness (QED) is 0.175. The van der Waals surface area contributed by atoms with Crippen molar-refractivity contribution in [2.45, 2.75) is 0 Å². The van der Waals surface area contributed by atoms with Gasteiger partial charge in [-0.2, -0.15) is 0 Å². The first-order valence-electron chi connectivity index (χ1n) is 19.0. The van der Waals surface area contributed by atoms with E-state index in [1.165, 1.54) is 79.0 Å². The Kier molecular flexibility index (Phi) is 7.24. The van der Waals surface area contributed by atoms with Gasteiger partial charge in [0.25, 0.3) is 0 Å². The van der Waals surface area contributed by atoms with Crippen LogP contribution in [0, 0.1) is 0 Å². The molecule has 0 N–H and O–H groups in total. The molecule has 0 saturated heterocycles. The highest BCUT2D eigenvalue weighted by Gasteiger charge is 2.20. The summed E-state index contributed by atoms with van der Waals surface area (Å²) in [5.74, 6) is 2.00. The molecule has 0 fully saturated rings. The molecule has 266 valence electrons. The fraction of sp³-hybridized carbons (Fsp3) is 0. The first-order valence-corrected chi connectivity index (χ1v) is 20.7. The average Bonchev–Trinajstić information content (AvgIpc) is 3.96. The molecule has 6 heteroatoms. The first-order chi connectivity index (χ1) is 28.2. The molecule has 0 spiro atoms. The van der Waals surface area contributed by atoms with Crippen LogP contribution in [-0.2, 0) is 0 Å². The Bertz CT molecular complexity index is 3450. The van der Waals surface area contributed by atoms with Gasteiger partial charge in [0.1, 0.15) is 0 Å². The number of thiophene rings is 2. The molecule has 8 aromatic carbocycles. The van der Waals surface area contributed by atoms with Crippen LogP contribution in [0.3, 0.4) is 0 Å². The second-order valence-electron chi connectivity index (χ2n) is 14.4. The van der Waals surface area contributed by atoms with Crippen LogP contribution < -0.4 is 0 Å². The van der Waals surface area contributed by atoms with Crippen LogP contribution in [-0.4, -0.2) is 19.5 Å². The highest BCUT2D eigenvalue weighted by molar-refractivity contribution is 7.27. The SMILES string of the molecule is c1ccc(-c2nc(-c3ccccc3)nc(-c3cccc4c3sc3cc(-c5ccc6c(c5)c5ccc7c8ccccc8sc7c5n6-c5ccccc5)ccc34)n2)cc1. The number of rotatable bonds is 5. The maximum absolute atomic E-state index is 5.08. The Morgan fingerprint density at radius 1 is 0.351 bits per heavy atom. The molecule has 12 rings (SSSR count). The van der Waals surface area contributed by atoms with E-state index in [0.29, 0.717) is 17.5 Å². The first kappa shape index (κ1) is 32.3. The van der Waals surface area contributed by atoms with Gasteiger partial charge in [0.15, 0.2) is 17.5 Å². The monoisotopic (exact) mass is 762 g/mol. The van der Waals surface area contributed by atoms with E-state index in [2.05, 4.69) is 150 Å². The number of fused-ring (bicyclic) bond motifs is 10. The van der Waals surface area contributed by atoms with Crippen molar-refractivity contribution in [1.82, 2.24) is 19.5 Å². The smallest absolute Gasteiger partial charge is 0.165 e. The minimum absolute atomic E-state index is 0.664. The van der Waals surface area contributed by atoms with Crippen molar-refractivity contribution in [3.05, 3.63) is 182 Å². The zero-order valence-electron chi connectivity index (χ0n) is 30.4. The van der Waals surface area contributed by atoms with E-state index < -0.39 is 0 Å². The van der Waals surface area contributed by atoms with Gasteiger partial charge in [-0.1, -0.05) is 140 Å². The largest absolute Gasteiger partial charge is 0.308 e. The van der Waals surface area contributed by atoms with Crippen molar-refractivity contribution in [2.24, 2.45) is 0 Å². The molecule has 0 unspecified atom stereocenters. The number of aromatic nitrogens is 4. The van der Waals surface area contributed by atoms with Gasteiger partial charge in [-0.3, -0.25) is 0 Å². The maximum Gasteiger partial charge on any atom is 0.165 e. The number of nitrogens with zero attached hydrogens (tertiary/aromatic N) is 4. The van der Waals surface area contributed by atoms with Gasteiger partial charge in [-0.05, 0) is 53.6 Å². The van der Waals surface area contributed by atoms with Gasteiger partial charge in [0, 0.05) is 68.8 Å². The summed E-state index contributed by atoms with van der Waals surface area (Å²) in [7, 11) is 0. The Morgan fingerprint density at radius 3 is 1.68 bits per heavy atom. The van der Waals surface area contributed by atoms with Gasteiger partial charge in [0.05, 0.1) is 15.7 Å². The molecule has 0 bridgehead atoms. The summed E-state index contributed by atoms with van der Waals surface area (Å²) < 4.78 is 7.49. The van der Waals surface area contributed by atoms with Gasteiger partial charge in [-0.15, -0.1) is 22.7 Å². The molecule has 0 amide bonds. The molecular formula is C51H30N4S2. The lowest BCUT2D eigenvalue weighted by atomic mass is 10.0. The molecule has 0 aliphatic carbocycles. The van der Waals surface area contributed by atoms with Crippen molar-refractivity contribution in [3.8, 4) is 51.0 Å².